The van der Waals surface area contributed by atoms with E-state index in [0.717, 1.165) is 31.2 Å². The van der Waals surface area contributed by atoms with Gasteiger partial charge in [0.15, 0.2) is 11.4 Å². The number of carboxylic acids is 1. The quantitative estimate of drug-likeness (QED) is 0.916. The van der Waals surface area contributed by atoms with E-state index in [1.165, 1.54) is 6.20 Å². The van der Waals surface area contributed by atoms with E-state index in [0.29, 0.717) is 12.4 Å². The van der Waals surface area contributed by atoms with Crippen LogP contribution in [-0.4, -0.2) is 20.9 Å². The summed E-state index contributed by atoms with van der Waals surface area (Å²) in [5.41, 5.74) is 1.17. The van der Waals surface area contributed by atoms with E-state index >= 15 is 0 Å². The number of hydrogen-bond donors (Lipinski definition) is 1. The molecule has 3 rings (SSSR count). The second-order valence-corrected chi connectivity index (χ2v) is 5.32. The second kappa shape index (κ2) is 5.99. The molecule has 5 heteroatoms. The van der Waals surface area contributed by atoms with Crippen molar-refractivity contribution in [3.63, 3.8) is 0 Å². The van der Waals surface area contributed by atoms with Gasteiger partial charge in [0.25, 0.3) is 0 Å². The van der Waals surface area contributed by atoms with Crippen LogP contribution in [0.1, 0.15) is 47.8 Å². The third-order valence-corrected chi connectivity index (χ3v) is 3.87. The van der Waals surface area contributed by atoms with Crippen molar-refractivity contribution in [3.8, 4) is 5.75 Å². The Morgan fingerprint density at radius 1 is 1.29 bits per heavy atom. The SMILES string of the molecule is O=C(O)c1c(OCc2ccccc2)cnn1C1CCCC1. The molecule has 0 aliphatic heterocycles. The lowest BCUT2D eigenvalue weighted by Crippen LogP contribution is -2.15. The van der Waals surface area contributed by atoms with Crippen LogP contribution in [0.3, 0.4) is 0 Å². The standard InChI is InChI=1S/C16H18N2O3/c19-16(20)15-14(21-11-12-6-2-1-3-7-12)10-17-18(15)13-8-4-5-9-13/h1-3,6-7,10,13H,4-5,8-9,11H2,(H,19,20). The topological polar surface area (TPSA) is 64.3 Å². The normalized spacial score (nSPS) is 15.2. The Balaban J connectivity index is 1.80. The van der Waals surface area contributed by atoms with Gasteiger partial charge in [-0.25, -0.2) is 4.79 Å². The fraction of sp³-hybridized carbons (Fsp3) is 0.375. The van der Waals surface area contributed by atoms with E-state index < -0.39 is 5.97 Å². The molecule has 1 aliphatic carbocycles. The Morgan fingerprint density at radius 2 is 2.00 bits per heavy atom. The molecular formula is C16H18N2O3. The fourth-order valence-electron chi connectivity index (χ4n) is 2.82. The summed E-state index contributed by atoms with van der Waals surface area (Å²) < 4.78 is 7.28. The first kappa shape index (κ1) is 13.7. The molecule has 1 saturated carbocycles. The van der Waals surface area contributed by atoms with Gasteiger partial charge in [0.05, 0.1) is 12.2 Å². The molecule has 0 atom stereocenters. The summed E-state index contributed by atoms with van der Waals surface area (Å²) in [4.78, 5) is 11.5. The zero-order valence-corrected chi connectivity index (χ0v) is 11.7. The van der Waals surface area contributed by atoms with E-state index in [1.54, 1.807) is 4.68 Å². The molecule has 110 valence electrons. The molecule has 21 heavy (non-hydrogen) atoms. The van der Waals surface area contributed by atoms with Gasteiger partial charge in [-0.3, -0.25) is 4.68 Å². The molecule has 1 N–H and O–H groups in total. The van der Waals surface area contributed by atoms with Crippen molar-refractivity contribution in [3.05, 3.63) is 47.8 Å². The van der Waals surface area contributed by atoms with E-state index in [4.69, 9.17) is 4.74 Å². The van der Waals surface area contributed by atoms with Crippen molar-refractivity contribution in [1.29, 1.82) is 0 Å². The van der Waals surface area contributed by atoms with Gasteiger partial charge in [0.2, 0.25) is 0 Å². The zero-order valence-electron chi connectivity index (χ0n) is 11.7. The van der Waals surface area contributed by atoms with Gasteiger partial charge in [-0.2, -0.15) is 5.10 Å². The summed E-state index contributed by atoms with van der Waals surface area (Å²) in [6.07, 6.45) is 5.75. The van der Waals surface area contributed by atoms with Gasteiger partial charge in [-0.1, -0.05) is 43.2 Å². The zero-order chi connectivity index (χ0) is 14.7. The third-order valence-electron chi connectivity index (χ3n) is 3.87. The molecule has 5 nitrogen and oxygen atoms in total. The van der Waals surface area contributed by atoms with Crippen LogP contribution >= 0.6 is 0 Å². The van der Waals surface area contributed by atoms with E-state index in [9.17, 15) is 9.90 Å². The highest BCUT2D eigenvalue weighted by molar-refractivity contribution is 5.88. The van der Waals surface area contributed by atoms with E-state index in [2.05, 4.69) is 5.10 Å². The number of carboxylic acid groups (broad SMARTS) is 1. The highest BCUT2D eigenvalue weighted by atomic mass is 16.5. The van der Waals surface area contributed by atoms with Gasteiger partial charge < -0.3 is 9.84 Å². The number of hydrogen-bond acceptors (Lipinski definition) is 3. The van der Waals surface area contributed by atoms with Crippen LogP contribution in [0.15, 0.2) is 36.5 Å². The Morgan fingerprint density at radius 3 is 2.67 bits per heavy atom. The summed E-state index contributed by atoms with van der Waals surface area (Å²) >= 11 is 0. The maximum atomic E-state index is 11.5. The molecule has 0 amide bonds. The number of rotatable bonds is 5. The minimum atomic E-state index is -0.984. The summed E-state index contributed by atoms with van der Waals surface area (Å²) in [5.74, 6) is -0.638. The Kier molecular flexibility index (Phi) is 3.90. The molecule has 0 unspecified atom stereocenters. The van der Waals surface area contributed by atoms with Gasteiger partial charge in [-0.15, -0.1) is 0 Å². The highest BCUT2D eigenvalue weighted by Crippen LogP contribution is 2.32. The molecule has 1 aromatic carbocycles. The van der Waals surface area contributed by atoms with Gasteiger partial charge in [0, 0.05) is 0 Å². The van der Waals surface area contributed by atoms with Crippen molar-refractivity contribution < 1.29 is 14.6 Å². The van der Waals surface area contributed by atoms with Crippen molar-refractivity contribution >= 4 is 5.97 Å². The van der Waals surface area contributed by atoms with Crippen LogP contribution in [0.25, 0.3) is 0 Å². The molecule has 0 saturated heterocycles. The smallest absolute Gasteiger partial charge is 0.358 e. The number of ether oxygens (including phenoxy) is 1. The van der Waals surface area contributed by atoms with Gasteiger partial charge in [-0.05, 0) is 18.4 Å². The Hall–Kier alpha value is -2.30. The summed E-state index contributed by atoms with van der Waals surface area (Å²) in [7, 11) is 0. The van der Waals surface area contributed by atoms with Gasteiger partial charge in [0.1, 0.15) is 6.61 Å². The molecular weight excluding hydrogens is 268 g/mol. The maximum absolute atomic E-state index is 11.5. The van der Waals surface area contributed by atoms with E-state index in [-0.39, 0.29) is 11.7 Å². The molecule has 1 aliphatic rings. The number of nitrogens with zero attached hydrogens (tertiary/aromatic N) is 2. The molecule has 1 aromatic heterocycles. The summed E-state index contributed by atoms with van der Waals surface area (Å²) in [6, 6.07) is 9.87. The molecule has 1 heterocycles. The van der Waals surface area contributed by atoms with Gasteiger partial charge >= 0.3 is 5.97 Å². The van der Waals surface area contributed by atoms with E-state index in [1.807, 2.05) is 30.3 Å². The fourth-order valence-corrected chi connectivity index (χ4v) is 2.82. The van der Waals surface area contributed by atoms with Crippen LogP contribution in [0.4, 0.5) is 0 Å². The molecule has 1 fully saturated rings. The molecule has 0 spiro atoms. The highest BCUT2D eigenvalue weighted by Gasteiger charge is 2.26. The van der Waals surface area contributed by atoms with Crippen molar-refractivity contribution in [2.24, 2.45) is 0 Å². The van der Waals surface area contributed by atoms with Crippen LogP contribution in [0.5, 0.6) is 5.75 Å². The Bertz CT molecular complexity index is 616. The molecule has 0 bridgehead atoms. The number of carbonyl (C=O) groups is 1. The average Bonchev–Trinajstić information content (AvgIpc) is 3.15. The lowest BCUT2D eigenvalue weighted by molar-refractivity contribution is 0.0674. The predicted molar refractivity (Wildman–Crippen MR) is 77.5 cm³/mol. The Labute approximate surface area is 123 Å². The predicted octanol–water partition coefficient (Wildman–Crippen LogP) is 3.28. The van der Waals surface area contributed by atoms with Crippen molar-refractivity contribution in [2.75, 3.05) is 0 Å². The molecule has 0 radical (unpaired) electrons. The van der Waals surface area contributed by atoms with Crippen LogP contribution in [0.2, 0.25) is 0 Å². The largest absolute Gasteiger partial charge is 0.485 e. The minimum absolute atomic E-state index is 0.165. The summed E-state index contributed by atoms with van der Waals surface area (Å²) in [6.45, 7) is 0.345. The number of benzene rings is 1. The lowest BCUT2D eigenvalue weighted by Gasteiger charge is -2.12. The van der Waals surface area contributed by atoms with Crippen molar-refractivity contribution in [1.82, 2.24) is 9.78 Å². The maximum Gasteiger partial charge on any atom is 0.358 e. The molecule has 2 aromatic rings. The number of aromatic nitrogens is 2. The average molecular weight is 286 g/mol. The first-order valence-electron chi connectivity index (χ1n) is 7.23. The van der Waals surface area contributed by atoms with Crippen LogP contribution in [-0.2, 0) is 6.61 Å². The third kappa shape index (κ3) is 2.91. The first-order valence-corrected chi connectivity index (χ1v) is 7.23. The second-order valence-electron chi connectivity index (χ2n) is 5.32. The minimum Gasteiger partial charge on any atom is -0.485 e. The van der Waals surface area contributed by atoms with Crippen molar-refractivity contribution in [2.45, 2.75) is 38.3 Å². The lowest BCUT2D eigenvalue weighted by atomic mass is 10.2. The van der Waals surface area contributed by atoms with Crippen LogP contribution < -0.4 is 4.74 Å². The first-order chi connectivity index (χ1) is 10.3. The number of aromatic carboxylic acids is 1. The monoisotopic (exact) mass is 286 g/mol. The van der Waals surface area contributed by atoms with Crippen LogP contribution in [0, 0.1) is 0 Å². The summed E-state index contributed by atoms with van der Waals surface area (Å²) in [5, 5.41) is 13.7.